The molecule has 1 aromatic carbocycles. The van der Waals surface area contributed by atoms with E-state index in [-0.39, 0.29) is 23.0 Å². The van der Waals surface area contributed by atoms with E-state index in [2.05, 4.69) is 9.55 Å². The average molecular weight is 484 g/mol. The highest BCUT2D eigenvalue weighted by atomic mass is 35.5. The number of aromatic nitrogens is 3. The summed E-state index contributed by atoms with van der Waals surface area (Å²) < 4.78 is 9.20. The summed E-state index contributed by atoms with van der Waals surface area (Å²) in [4.78, 5) is 31.0. The van der Waals surface area contributed by atoms with Gasteiger partial charge in [0.25, 0.3) is 5.56 Å². The fourth-order valence-electron chi connectivity index (χ4n) is 3.90. The summed E-state index contributed by atoms with van der Waals surface area (Å²) in [6, 6.07) is 10.8. The Morgan fingerprint density at radius 3 is 2.67 bits per heavy atom. The van der Waals surface area contributed by atoms with Gasteiger partial charge in [-0.05, 0) is 56.2 Å². The summed E-state index contributed by atoms with van der Waals surface area (Å²) in [5.74, 6) is 1.27. The Morgan fingerprint density at radius 1 is 1.18 bits per heavy atom. The maximum atomic E-state index is 13.1. The number of furan rings is 1. The third-order valence-corrected chi connectivity index (χ3v) is 6.74. The van der Waals surface area contributed by atoms with Gasteiger partial charge < -0.3 is 8.98 Å². The fraction of sp³-hybridized carbons (Fsp3) is 0.320. The van der Waals surface area contributed by atoms with E-state index in [1.807, 2.05) is 45.9 Å². The molecular weight excluding hydrogens is 458 g/mol. The highest BCUT2D eigenvalue weighted by molar-refractivity contribution is 7.99. The van der Waals surface area contributed by atoms with Crippen molar-refractivity contribution in [2.45, 2.75) is 45.9 Å². The molecule has 33 heavy (non-hydrogen) atoms. The van der Waals surface area contributed by atoms with E-state index in [0.29, 0.717) is 39.7 Å². The summed E-state index contributed by atoms with van der Waals surface area (Å²) in [5.41, 5.74) is 2.99. The predicted molar refractivity (Wildman–Crippen MR) is 133 cm³/mol. The van der Waals surface area contributed by atoms with E-state index in [1.54, 1.807) is 29.0 Å². The lowest BCUT2D eigenvalue weighted by Crippen LogP contribution is -2.25. The quantitative estimate of drug-likeness (QED) is 0.181. The SMILES string of the molecule is Cc1cc(C(=O)CSc2nc3cc(Cl)ccc3c(=O)n2CC(C)C)c(C)n1Cc1ccco1. The molecule has 4 rings (SSSR count). The maximum Gasteiger partial charge on any atom is 0.262 e. The molecule has 0 aliphatic heterocycles. The van der Waals surface area contributed by atoms with Crippen molar-refractivity contribution in [2.24, 2.45) is 5.92 Å². The second-order valence-electron chi connectivity index (χ2n) is 8.53. The number of hydrogen-bond acceptors (Lipinski definition) is 5. The van der Waals surface area contributed by atoms with Crippen LogP contribution < -0.4 is 5.56 Å². The van der Waals surface area contributed by atoms with Crippen LogP contribution in [-0.4, -0.2) is 25.7 Å². The van der Waals surface area contributed by atoms with Gasteiger partial charge >= 0.3 is 0 Å². The molecule has 0 saturated carbocycles. The summed E-state index contributed by atoms with van der Waals surface area (Å²) in [6.45, 7) is 9.12. The first-order chi connectivity index (χ1) is 15.7. The number of ketones is 1. The normalized spacial score (nSPS) is 11.6. The molecule has 8 heteroatoms. The van der Waals surface area contributed by atoms with Crippen LogP contribution in [0.3, 0.4) is 0 Å². The summed E-state index contributed by atoms with van der Waals surface area (Å²) in [6.07, 6.45) is 1.65. The predicted octanol–water partition coefficient (Wildman–Crippen LogP) is 5.74. The van der Waals surface area contributed by atoms with Crippen molar-refractivity contribution >= 4 is 40.0 Å². The summed E-state index contributed by atoms with van der Waals surface area (Å²) in [5, 5.41) is 1.57. The van der Waals surface area contributed by atoms with E-state index in [4.69, 9.17) is 16.0 Å². The van der Waals surface area contributed by atoms with Gasteiger partial charge in [-0.25, -0.2) is 4.98 Å². The van der Waals surface area contributed by atoms with E-state index in [9.17, 15) is 9.59 Å². The lowest BCUT2D eigenvalue weighted by atomic mass is 10.2. The molecule has 0 radical (unpaired) electrons. The highest BCUT2D eigenvalue weighted by Crippen LogP contribution is 2.24. The first kappa shape index (κ1) is 23.4. The van der Waals surface area contributed by atoms with Crippen molar-refractivity contribution < 1.29 is 9.21 Å². The van der Waals surface area contributed by atoms with Gasteiger partial charge in [-0.3, -0.25) is 14.2 Å². The van der Waals surface area contributed by atoms with Crippen LogP contribution in [0.5, 0.6) is 0 Å². The van der Waals surface area contributed by atoms with Crippen molar-refractivity contribution in [1.29, 1.82) is 0 Å². The fourth-order valence-corrected chi connectivity index (χ4v) is 4.96. The molecule has 4 aromatic rings. The highest BCUT2D eigenvalue weighted by Gasteiger charge is 2.19. The summed E-state index contributed by atoms with van der Waals surface area (Å²) in [7, 11) is 0. The minimum atomic E-state index is -0.114. The standard InChI is InChI=1S/C25H26ClN3O3S/c1-15(2)12-29-24(31)20-8-7-18(26)11-22(20)27-25(29)33-14-23(30)21-10-16(3)28(17(21)4)13-19-6-5-9-32-19/h5-11,15H,12-14H2,1-4H3. The van der Waals surface area contributed by atoms with E-state index >= 15 is 0 Å². The molecule has 0 spiro atoms. The number of fused-ring (bicyclic) bond motifs is 1. The Bertz CT molecular complexity index is 1370. The smallest absolute Gasteiger partial charge is 0.262 e. The van der Waals surface area contributed by atoms with Gasteiger partial charge in [0.1, 0.15) is 5.76 Å². The van der Waals surface area contributed by atoms with Crippen LogP contribution in [0.15, 0.2) is 57.0 Å². The van der Waals surface area contributed by atoms with Crippen molar-refractivity contribution in [2.75, 3.05) is 5.75 Å². The Hall–Kier alpha value is -2.77. The topological polar surface area (TPSA) is 70.0 Å². The van der Waals surface area contributed by atoms with Gasteiger partial charge in [0, 0.05) is 28.5 Å². The minimum absolute atomic E-state index is 0.00432. The maximum absolute atomic E-state index is 13.1. The Labute approximate surface area is 201 Å². The van der Waals surface area contributed by atoms with E-state index < -0.39 is 0 Å². The molecule has 6 nitrogen and oxygen atoms in total. The monoisotopic (exact) mass is 483 g/mol. The number of carbonyl (C=O) groups is 1. The van der Waals surface area contributed by atoms with Crippen LogP contribution in [0.4, 0.5) is 0 Å². The number of hydrogen-bond donors (Lipinski definition) is 0. The van der Waals surface area contributed by atoms with Gasteiger partial charge in [0.2, 0.25) is 0 Å². The molecule has 3 aromatic heterocycles. The molecule has 0 saturated heterocycles. The molecule has 0 aliphatic rings. The van der Waals surface area contributed by atoms with Crippen molar-refractivity contribution in [3.8, 4) is 0 Å². The number of aryl methyl sites for hydroxylation is 1. The number of carbonyl (C=O) groups excluding carboxylic acids is 1. The zero-order valence-electron chi connectivity index (χ0n) is 19.1. The second-order valence-corrected chi connectivity index (χ2v) is 9.91. The van der Waals surface area contributed by atoms with Crippen molar-refractivity contribution in [3.05, 3.63) is 80.7 Å². The number of benzene rings is 1. The van der Waals surface area contributed by atoms with Gasteiger partial charge in [-0.1, -0.05) is 37.2 Å². The Kier molecular flexibility index (Phi) is 6.81. The van der Waals surface area contributed by atoms with Gasteiger partial charge in [0.05, 0.1) is 29.5 Å². The largest absolute Gasteiger partial charge is 0.467 e. The average Bonchev–Trinajstić information content (AvgIpc) is 3.37. The molecule has 0 bridgehead atoms. The molecule has 3 heterocycles. The Morgan fingerprint density at radius 2 is 1.97 bits per heavy atom. The molecule has 0 N–H and O–H groups in total. The van der Waals surface area contributed by atoms with Crippen LogP contribution in [-0.2, 0) is 13.1 Å². The molecule has 0 amide bonds. The van der Waals surface area contributed by atoms with E-state index in [1.165, 1.54) is 11.8 Å². The van der Waals surface area contributed by atoms with Crippen molar-refractivity contribution in [3.63, 3.8) is 0 Å². The minimum Gasteiger partial charge on any atom is -0.467 e. The lowest BCUT2D eigenvalue weighted by Gasteiger charge is -2.15. The Balaban J connectivity index is 1.62. The number of rotatable bonds is 8. The van der Waals surface area contributed by atoms with Crippen LogP contribution in [0.1, 0.15) is 41.4 Å². The van der Waals surface area contributed by atoms with Gasteiger partial charge in [0.15, 0.2) is 10.9 Å². The van der Waals surface area contributed by atoms with Crippen molar-refractivity contribution in [1.82, 2.24) is 14.1 Å². The van der Waals surface area contributed by atoms with Crippen LogP contribution in [0, 0.1) is 19.8 Å². The zero-order valence-corrected chi connectivity index (χ0v) is 20.7. The molecular formula is C25H26ClN3O3S. The third-order valence-electron chi connectivity index (χ3n) is 5.53. The van der Waals surface area contributed by atoms with E-state index in [0.717, 1.165) is 17.1 Å². The van der Waals surface area contributed by atoms with Gasteiger partial charge in [-0.2, -0.15) is 0 Å². The van der Waals surface area contributed by atoms with Crippen LogP contribution >= 0.6 is 23.4 Å². The first-order valence-corrected chi connectivity index (χ1v) is 12.2. The number of nitrogens with zero attached hydrogens (tertiary/aromatic N) is 3. The molecule has 0 aliphatic carbocycles. The molecule has 0 unspecified atom stereocenters. The molecule has 0 atom stereocenters. The number of halogens is 1. The third kappa shape index (κ3) is 4.94. The van der Waals surface area contributed by atoms with Crippen LogP contribution in [0.2, 0.25) is 5.02 Å². The zero-order chi connectivity index (χ0) is 23.7. The second kappa shape index (κ2) is 9.61. The summed E-state index contributed by atoms with van der Waals surface area (Å²) >= 11 is 7.41. The van der Waals surface area contributed by atoms with Crippen LogP contribution in [0.25, 0.3) is 10.9 Å². The van der Waals surface area contributed by atoms with Gasteiger partial charge in [-0.15, -0.1) is 0 Å². The molecule has 0 fully saturated rings. The first-order valence-electron chi connectivity index (χ1n) is 10.8. The lowest BCUT2D eigenvalue weighted by molar-refractivity contribution is 0.102. The number of thioether (sulfide) groups is 1. The number of Topliss-reactive ketones (excluding diaryl/α,β-unsaturated/α-hetero) is 1. The molecule has 172 valence electrons.